The molecule has 28 heavy (non-hydrogen) atoms. The van der Waals surface area contributed by atoms with E-state index in [1.54, 1.807) is 47.0 Å². The molecule has 144 valence electrons. The third-order valence-corrected chi connectivity index (χ3v) is 4.15. The van der Waals surface area contributed by atoms with Crippen molar-refractivity contribution >= 4 is 5.97 Å². The van der Waals surface area contributed by atoms with Crippen LogP contribution in [0.1, 0.15) is 15.9 Å². The summed E-state index contributed by atoms with van der Waals surface area (Å²) < 4.78 is 12.2. The molecule has 0 unspecified atom stereocenters. The van der Waals surface area contributed by atoms with E-state index in [4.69, 9.17) is 9.47 Å². The van der Waals surface area contributed by atoms with Crippen LogP contribution in [0.4, 0.5) is 0 Å². The number of phenols is 1. The second-order valence-electron chi connectivity index (χ2n) is 6.08. The molecule has 0 saturated heterocycles. The predicted molar refractivity (Wildman–Crippen MR) is 103 cm³/mol. The summed E-state index contributed by atoms with van der Waals surface area (Å²) in [6, 6.07) is 13.7. The second kappa shape index (κ2) is 8.30. The Balaban J connectivity index is 1.87. The van der Waals surface area contributed by atoms with Gasteiger partial charge in [0.1, 0.15) is 11.3 Å². The number of rotatable bonds is 7. The summed E-state index contributed by atoms with van der Waals surface area (Å²) in [4.78, 5) is 23.8. The van der Waals surface area contributed by atoms with Crippen molar-refractivity contribution in [3.05, 3.63) is 82.3 Å². The summed E-state index contributed by atoms with van der Waals surface area (Å²) in [5.74, 6) is -0.546. The van der Waals surface area contributed by atoms with Crippen molar-refractivity contribution in [1.29, 1.82) is 0 Å². The van der Waals surface area contributed by atoms with E-state index >= 15 is 0 Å². The molecule has 0 bridgehead atoms. The Morgan fingerprint density at radius 3 is 2.46 bits per heavy atom. The highest BCUT2D eigenvalue weighted by atomic mass is 16.5. The monoisotopic (exact) mass is 381 g/mol. The molecule has 0 spiro atoms. The Kier molecular flexibility index (Phi) is 5.64. The van der Waals surface area contributed by atoms with Gasteiger partial charge in [-0.3, -0.25) is 4.79 Å². The third-order valence-electron chi connectivity index (χ3n) is 4.15. The van der Waals surface area contributed by atoms with Gasteiger partial charge in [0.15, 0.2) is 17.2 Å². The van der Waals surface area contributed by atoms with Crippen molar-refractivity contribution in [2.45, 2.75) is 13.0 Å². The average Bonchev–Trinajstić information content (AvgIpc) is 2.69. The topological polar surface area (TPSA) is 98.0 Å². The Morgan fingerprint density at radius 2 is 1.82 bits per heavy atom. The number of ether oxygens (including phenoxy) is 2. The zero-order valence-electron chi connectivity index (χ0n) is 15.2. The van der Waals surface area contributed by atoms with Crippen molar-refractivity contribution in [3.8, 4) is 23.0 Å². The maximum atomic E-state index is 12.4. The average molecular weight is 381 g/mol. The number of pyridine rings is 1. The fraction of sp³-hybridized carbons (Fsp3) is 0.143. The highest BCUT2D eigenvalue weighted by Crippen LogP contribution is 2.26. The van der Waals surface area contributed by atoms with E-state index in [2.05, 4.69) is 0 Å². The maximum absolute atomic E-state index is 12.4. The quantitative estimate of drug-likeness (QED) is 0.652. The molecule has 1 aromatic heterocycles. The van der Waals surface area contributed by atoms with Gasteiger partial charge in [-0.25, -0.2) is 4.79 Å². The third kappa shape index (κ3) is 4.32. The molecule has 2 N–H and O–H groups in total. The van der Waals surface area contributed by atoms with Crippen molar-refractivity contribution in [1.82, 2.24) is 4.57 Å². The Morgan fingerprint density at radius 1 is 1.07 bits per heavy atom. The van der Waals surface area contributed by atoms with E-state index in [1.807, 2.05) is 6.07 Å². The fourth-order valence-electron chi connectivity index (χ4n) is 2.72. The number of aromatic carboxylic acids is 1. The van der Waals surface area contributed by atoms with Gasteiger partial charge >= 0.3 is 5.97 Å². The maximum Gasteiger partial charge on any atom is 0.341 e. The highest BCUT2D eigenvalue weighted by Gasteiger charge is 2.15. The van der Waals surface area contributed by atoms with Gasteiger partial charge in [0.2, 0.25) is 5.43 Å². The number of aromatic nitrogens is 1. The number of carboxylic acids is 1. The molecule has 0 aliphatic carbocycles. The number of methoxy groups -OCH3 is 1. The number of phenolic OH excluding ortho intramolecular Hbond substituents is 1. The number of para-hydroxylation sites is 1. The van der Waals surface area contributed by atoms with Gasteiger partial charge in [-0.1, -0.05) is 24.3 Å². The van der Waals surface area contributed by atoms with Crippen LogP contribution >= 0.6 is 0 Å². The summed E-state index contributed by atoms with van der Waals surface area (Å²) in [7, 11) is 1.47. The molecule has 7 heteroatoms. The lowest BCUT2D eigenvalue weighted by molar-refractivity contribution is 0.0694. The fourth-order valence-corrected chi connectivity index (χ4v) is 2.72. The van der Waals surface area contributed by atoms with Gasteiger partial charge in [0, 0.05) is 12.7 Å². The van der Waals surface area contributed by atoms with Crippen molar-refractivity contribution in [3.63, 3.8) is 0 Å². The minimum Gasteiger partial charge on any atom is -0.504 e. The molecule has 0 saturated carbocycles. The number of benzene rings is 2. The summed E-state index contributed by atoms with van der Waals surface area (Å²) in [5.41, 5.74) is -0.222. The highest BCUT2D eigenvalue weighted by molar-refractivity contribution is 5.87. The van der Waals surface area contributed by atoms with Crippen LogP contribution < -0.4 is 14.9 Å². The van der Waals surface area contributed by atoms with Crippen LogP contribution in [0.5, 0.6) is 23.0 Å². The number of hydrogen-bond acceptors (Lipinski definition) is 5. The molecule has 0 amide bonds. The lowest BCUT2D eigenvalue weighted by Gasteiger charge is -2.12. The van der Waals surface area contributed by atoms with Crippen LogP contribution in [-0.4, -0.2) is 27.9 Å². The molecule has 0 fully saturated rings. The van der Waals surface area contributed by atoms with E-state index in [-0.39, 0.29) is 17.1 Å². The molecule has 3 aromatic rings. The first kappa shape index (κ1) is 19.0. The Bertz CT molecular complexity index is 1040. The van der Waals surface area contributed by atoms with Gasteiger partial charge < -0.3 is 24.3 Å². The Hall–Kier alpha value is -3.74. The minimum atomic E-state index is -1.32. The summed E-state index contributed by atoms with van der Waals surface area (Å²) in [5, 5.41) is 19.2. The molecule has 0 aliphatic heterocycles. The standard InChI is InChI=1S/C21H19NO6/c1-27-18-8-7-14(11-17(18)23)9-10-22-12-16(21(25)26)20(24)19(13-22)28-15-5-3-2-4-6-15/h2-8,11-13,23H,9-10H2,1H3,(H,25,26). The first-order valence-electron chi connectivity index (χ1n) is 8.54. The van der Waals surface area contributed by atoms with E-state index in [9.17, 15) is 19.8 Å². The molecule has 1 heterocycles. The first-order chi connectivity index (χ1) is 13.5. The van der Waals surface area contributed by atoms with Crippen molar-refractivity contribution in [2.24, 2.45) is 0 Å². The zero-order valence-corrected chi connectivity index (χ0v) is 15.2. The van der Waals surface area contributed by atoms with Crippen LogP contribution in [0.3, 0.4) is 0 Å². The molecular formula is C21H19NO6. The summed E-state index contributed by atoms with van der Waals surface area (Å²) >= 11 is 0. The minimum absolute atomic E-state index is 0.0271. The number of aryl methyl sites for hydroxylation is 2. The molecule has 2 aromatic carbocycles. The van der Waals surface area contributed by atoms with Crippen LogP contribution in [0.25, 0.3) is 0 Å². The molecule has 7 nitrogen and oxygen atoms in total. The normalized spacial score (nSPS) is 10.5. The van der Waals surface area contributed by atoms with Crippen LogP contribution in [0.2, 0.25) is 0 Å². The molecule has 0 radical (unpaired) electrons. The van der Waals surface area contributed by atoms with Gasteiger partial charge in [-0.05, 0) is 36.2 Å². The SMILES string of the molecule is COc1ccc(CCn2cc(Oc3ccccc3)c(=O)c(C(=O)O)c2)cc1O. The molecule has 0 atom stereocenters. The molecule has 3 rings (SSSR count). The first-order valence-corrected chi connectivity index (χ1v) is 8.54. The number of hydrogen-bond donors (Lipinski definition) is 2. The molecule has 0 aliphatic rings. The molecular weight excluding hydrogens is 362 g/mol. The zero-order chi connectivity index (χ0) is 20.1. The van der Waals surface area contributed by atoms with E-state index in [0.717, 1.165) is 5.56 Å². The van der Waals surface area contributed by atoms with Crippen molar-refractivity contribution in [2.75, 3.05) is 7.11 Å². The lowest BCUT2D eigenvalue weighted by Crippen LogP contribution is -2.19. The van der Waals surface area contributed by atoms with Gasteiger partial charge in [0.25, 0.3) is 0 Å². The van der Waals surface area contributed by atoms with E-state index < -0.39 is 11.4 Å². The number of carbonyl (C=O) groups is 1. The second-order valence-corrected chi connectivity index (χ2v) is 6.08. The lowest BCUT2D eigenvalue weighted by atomic mass is 10.1. The van der Waals surface area contributed by atoms with Crippen molar-refractivity contribution < 1.29 is 24.5 Å². The van der Waals surface area contributed by atoms with E-state index in [0.29, 0.717) is 24.5 Å². The predicted octanol–water partition coefficient (Wildman–Crippen LogP) is 3.30. The van der Waals surface area contributed by atoms with Gasteiger partial charge in [0.05, 0.1) is 13.3 Å². The van der Waals surface area contributed by atoms with E-state index in [1.165, 1.54) is 19.5 Å². The van der Waals surface area contributed by atoms with Gasteiger partial charge in [-0.2, -0.15) is 0 Å². The summed E-state index contributed by atoms with van der Waals surface area (Å²) in [6.07, 6.45) is 3.27. The largest absolute Gasteiger partial charge is 0.504 e. The smallest absolute Gasteiger partial charge is 0.341 e. The summed E-state index contributed by atoms with van der Waals surface area (Å²) in [6.45, 7) is 0.386. The van der Waals surface area contributed by atoms with Crippen LogP contribution in [0.15, 0.2) is 65.7 Å². The number of aromatic hydroxyl groups is 1. The Labute approximate surface area is 161 Å². The van der Waals surface area contributed by atoms with Crippen LogP contribution in [-0.2, 0) is 13.0 Å². The van der Waals surface area contributed by atoms with Crippen LogP contribution in [0, 0.1) is 0 Å². The number of carboxylic acid groups (broad SMARTS) is 1. The van der Waals surface area contributed by atoms with Gasteiger partial charge in [-0.15, -0.1) is 0 Å². The number of nitrogens with zero attached hydrogens (tertiary/aromatic N) is 1.